The van der Waals surface area contributed by atoms with E-state index in [1.165, 1.54) is 4.90 Å². The number of nitrogens with one attached hydrogen (secondary N) is 2. The van der Waals surface area contributed by atoms with Gasteiger partial charge in [-0.15, -0.1) is 11.3 Å². The van der Waals surface area contributed by atoms with Crippen molar-refractivity contribution in [2.45, 2.75) is 32.9 Å². The summed E-state index contributed by atoms with van der Waals surface area (Å²) in [6.07, 6.45) is -0.635. The van der Waals surface area contributed by atoms with Crippen molar-refractivity contribution in [3.8, 4) is 10.4 Å². The van der Waals surface area contributed by atoms with E-state index < -0.39 is 11.7 Å². The Labute approximate surface area is 235 Å². The van der Waals surface area contributed by atoms with Gasteiger partial charge in [0.25, 0.3) is 17.7 Å². The first-order valence-corrected chi connectivity index (χ1v) is 13.5. The van der Waals surface area contributed by atoms with Crippen LogP contribution in [0, 0.1) is 0 Å². The second-order valence-corrected chi connectivity index (χ2v) is 11.2. The lowest BCUT2D eigenvalue weighted by Crippen LogP contribution is -2.29. The summed E-state index contributed by atoms with van der Waals surface area (Å²) in [4.78, 5) is 53.3. The average Bonchev–Trinajstić information content (AvgIpc) is 3.53. The number of fused-ring (bicyclic) bond motifs is 1. The first-order chi connectivity index (χ1) is 19.1. The van der Waals surface area contributed by atoms with Crippen LogP contribution in [0.1, 0.15) is 57.4 Å². The molecular weight excluding hydrogens is 526 g/mol. The van der Waals surface area contributed by atoms with Crippen LogP contribution >= 0.6 is 11.3 Å². The van der Waals surface area contributed by atoms with Crippen LogP contribution in [-0.4, -0.2) is 34.3 Å². The molecule has 1 aliphatic rings. The fraction of sp³-hybridized carbons (Fsp3) is 0.161. The fourth-order valence-electron chi connectivity index (χ4n) is 4.29. The van der Waals surface area contributed by atoms with Crippen molar-refractivity contribution < 1.29 is 23.9 Å². The Morgan fingerprint density at radius 3 is 2.10 bits per heavy atom. The molecule has 2 heterocycles. The van der Waals surface area contributed by atoms with E-state index in [1.807, 2.05) is 23.6 Å². The van der Waals surface area contributed by atoms with Crippen LogP contribution in [0.15, 0.2) is 84.2 Å². The Kier molecular flexibility index (Phi) is 7.23. The summed E-state index contributed by atoms with van der Waals surface area (Å²) in [5, 5.41) is 7.57. The van der Waals surface area contributed by atoms with E-state index in [9.17, 15) is 19.2 Å². The zero-order valence-electron chi connectivity index (χ0n) is 22.2. The van der Waals surface area contributed by atoms with Crippen LogP contribution in [-0.2, 0) is 11.3 Å². The number of ether oxygens (including phenoxy) is 1. The van der Waals surface area contributed by atoms with Gasteiger partial charge in [0.15, 0.2) is 0 Å². The summed E-state index contributed by atoms with van der Waals surface area (Å²) in [7, 11) is 0. The number of hydrogen-bond acceptors (Lipinski definition) is 6. The van der Waals surface area contributed by atoms with Gasteiger partial charge in [0, 0.05) is 10.4 Å². The summed E-state index contributed by atoms with van der Waals surface area (Å²) in [6, 6.07) is 22.7. The highest BCUT2D eigenvalue weighted by atomic mass is 32.1. The van der Waals surface area contributed by atoms with E-state index in [4.69, 9.17) is 4.74 Å². The van der Waals surface area contributed by atoms with Gasteiger partial charge in [0.1, 0.15) is 5.60 Å². The SMILES string of the molecule is CC(C)(C)OC(=O)Nc1ccc(-c2cccs2)cc1NC(=O)c1ccc(CN2C(=O)c3ccccc3C2=O)cc1. The van der Waals surface area contributed by atoms with Crippen LogP contribution in [0.25, 0.3) is 10.4 Å². The lowest BCUT2D eigenvalue weighted by Gasteiger charge is -2.21. The first kappa shape index (κ1) is 26.8. The Hall–Kier alpha value is -4.76. The lowest BCUT2D eigenvalue weighted by atomic mass is 10.1. The molecule has 1 aromatic heterocycles. The Balaban J connectivity index is 1.33. The van der Waals surface area contributed by atoms with E-state index >= 15 is 0 Å². The van der Waals surface area contributed by atoms with Crippen molar-refractivity contribution in [2.75, 3.05) is 10.6 Å². The number of thiophene rings is 1. The van der Waals surface area contributed by atoms with Gasteiger partial charge in [-0.05, 0) is 79.7 Å². The lowest BCUT2D eigenvalue weighted by molar-refractivity contribution is 0.0625. The van der Waals surface area contributed by atoms with Gasteiger partial charge in [-0.2, -0.15) is 0 Å². The number of imide groups is 1. The second kappa shape index (κ2) is 10.8. The quantitative estimate of drug-likeness (QED) is 0.255. The monoisotopic (exact) mass is 553 g/mol. The van der Waals surface area contributed by atoms with Crippen molar-refractivity contribution in [1.82, 2.24) is 4.90 Å². The predicted molar refractivity (Wildman–Crippen MR) is 155 cm³/mol. The largest absolute Gasteiger partial charge is 0.444 e. The zero-order valence-corrected chi connectivity index (χ0v) is 23.0. The van der Waals surface area contributed by atoms with Gasteiger partial charge in [0.2, 0.25) is 0 Å². The average molecular weight is 554 g/mol. The Bertz CT molecular complexity index is 1570. The minimum Gasteiger partial charge on any atom is -0.444 e. The summed E-state index contributed by atoms with van der Waals surface area (Å²) in [5.41, 5.74) is 2.87. The van der Waals surface area contributed by atoms with Crippen LogP contribution in [0.3, 0.4) is 0 Å². The van der Waals surface area contributed by atoms with Gasteiger partial charge < -0.3 is 10.1 Å². The molecule has 0 fully saturated rings. The normalized spacial score (nSPS) is 12.7. The molecular formula is C31H27N3O5S. The van der Waals surface area contributed by atoms with Gasteiger partial charge in [0.05, 0.1) is 29.0 Å². The molecule has 40 heavy (non-hydrogen) atoms. The maximum absolute atomic E-state index is 13.2. The summed E-state index contributed by atoms with van der Waals surface area (Å²) >= 11 is 1.56. The number of amides is 4. The third-order valence-corrected chi connectivity index (χ3v) is 7.06. The highest BCUT2D eigenvalue weighted by Crippen LogP contribution is 2.32. The molecule has 4 aromatic rings. The molecule has 9 heteroatoms. The predicted octanol–water partition coefficient (Wildman–Crippen LogP) is 6.81. The molecule has 8 nitrogen and oxygen atoms in total. The van der Waals surface area contributed by atoms with Crippen molar-refractivity contribution >= 4 is 46.5 Å². The summed E-state index contributed by atoms with van der Waals surface area (Å²) in [5.74, 6) is -1.06. The van der Waals surface area contributed by atoms with E-state index in [0.717, 1.165) is 10.4 Å². The third kappa shape index (κ3) is 5.79. The molecule has 0 unspecified atom stereocenters. The number of nitrogens with zero attached hydrogens (tertiary/aromatic N) is 1. The van der Waals surface area contributed by atoms with Crippen molar-refractivity contribution in [3.05, 3.63) is 106 Å². The first-order valence-electron chi connectivity index (χ1n) is 12.6. The van der Waals surface area contributed by atoms with E-state index in [0.29, 0.717) is 33.6 Å². The molecule has 0 aliphatic carbocycles. The van der Waals surface area contributed by atoms with E-state index in [1.54, 1.807) is 92.8 Å². The maximum atomic E-state index is 13.2. The topological polar surface area (TPSA) is 105 Å². The molecule has 1 aliphatic heterocycles. The van der Waals surface area contributed by atoms with Crippen molar-refractivity contribution in [3.63, 3.8) is 0 Å². The Morgan fingerprint density at radius 1 is 0.825 bits per heavy atom. The molecule has 202 valence electrons. The molecule has 0 saturated heterocycles. The zero-order chi connectivity index (χ0) is 28.4. The van der Waals surface area contributed by atoms with Crippen LogP contribution in [0.5, 0.6) is 0 Å². The number of benzene rings is 3. The summed E-state index contributed by atoms with van der Waals surface area (Å²) < 4.78 is 5.38. The number of carbonyl (C=O) groups is 4. The number of anilines is 2. The van der Waals surface area contributed by atoms with E-state index in [-0.39, 0.29) is 24.3 Å². The standard InChI is InChI=1S/C31H27N3O5S/c1-31(2,3)39-30(38)33-24-15-14-21(26-9-6-16-40-26)17-25(24)32-27(35)20-12-10-19(11-13-20)18-34-28(36)22-7-4-5-8-23(22)29(34)37/h4-17H,18H2,1-3H3,(H,32,35)(H,33,38). The van der Waals surface area contributed by atoms with Crippen LogP contribution in [0.4, 0.5) is 16.2 Å². The molecule has 3 aromatic carbocycles. The number of carbonyl (C=O) groups excluding carboxylic acids is 4. The van der Waals surface area contributed by atoms with Gasteiger partial charge >= 0.3 is 6.09 Å². The fourth-order valence-corrected chi connectivity index (χ4v) is 5.01. The second-order valence-electron chi connectivity index (χ2n) is 10.3. The number of hydrogen-bond donors (Lipinski definition) is 2. The van der Waals surface area contributed by atoms with Gasteiger partial charge in [-0.3, -0.25) is 24.6 Å². The number of rotatable bonds is 6. The molecule has 0 atom stereocenters. The maximum Gasteiger partial charge on any atom is 0.412 e. The summed E-state index contributed by atoms with van der Waals surface area (Å²) in [6.45, 7) is 5.41. The molecule has 0 saturated carbocycles. The van der Waals surface area contributed by atoms with Gasteiger partial charge in [-0.1, -0.05) is 36.4 Å². The molecule has 0 radical (unpaired) electrons. The Morgan fingerprint density at radius 2 is 1.50 bits per heavy atom. The van der Waals surface area contributed by atoms with Crippen molar-refractivity contribution in [1.29, 1.82) is 0 Å². The van der Waals surface area contributed by atoms with Crippen molar-refractivity contribution in [2.24, 2.45) is 0 Å². The van der Waals surface area contributed by atoms with E-state index in [2.05, 4.69) is 10.6 Å². The van der Waals surface area contributed by atoms with Gasteiger partial charge in [-0.25, -0.2) is 4.79 Å². The minimum atomic E-state index is -0.681. The van der Waals surface area contributed by atoms with Crippen LogP contribution in [0.2, 0.25) is 0 Å². The highest BCUT2D eigenvalue weighted by Gasteiger charge is 2.35. The molecule has 2 N–H and O–H groups in total. The minimum absolute atomic E-state index is 0.0983. The smallest absolute Gasteiger partial charge is 0.412 e. The molecule has 0 bridgehead atoms. The molecule has 0 spiro atoms. The highest BCUT2D eigenvalue weighted by molar-refractivity contribution is 7.13. The molecule has 4 amide bonds. The third-order valence-electron chi connectivity index (χ3n) is 6.14. The molecule has 5 rings (SSSR count). The van der Waals surface area contributed by atoms with Crippen LogP contribution < -0.4 is 10.6 Å².